The fourth-order valence-electron chi connectivity index (χ4n) is 2.98. The van der Waals surface area contributed by atoms with Gasteiger partial charge in [-0.25, -0.2) is 9.97 Å². The highest BCUT2D eigenvalue weighted by Gasteiger charge is 2.18. The van der Waals surface area contributed by atoms with Gasteiger partial charge in [0.15, 0.2) is 0 Å². The van der Waals surface area contributed by atoms with Gasteiger partial charge < -0.3 is 15.0 Å². The van der Waals surface area contributed by atoms with Crippen LogP contribution in [0, 0.1) is 11.3 Å². The van der Waals surface area contributed by atoms with E-state index in [0.29, 0.717) is 31.2 Å². The van der Waals surface area contributed by atoms with E-state index in [0.717, 1.165) is 22.2 Å². The van der Waals surface area contributed by atoms with Gasteiger partial charge in [0.25, 0.3) is 0 Å². The molecule has 7 nitrogen and oxygen atoms in total. The zero-order valence-corrected chi connectivity index (χ0v) is 14.6. The molecule has 134 valence electrons. The molecule has 0 radical (unpaired) electrons. The second-order valence-corrected chi connectivity index (χ2v) is 6.27. The normalized spacial score (nSPS) is 14.2. The Morgan fingerprint density at radius 3 is 3.04 bits per heavy atom. The number of carbonyl (C=O) groups is 1. The van der Waals surface area contributed by atoms with Gasteiger partial charge in [-0.15, -0.1) is 0 Å². The summed E-state index contributed by atoms with van der Waals surface area (Å²) in [5, 5.41) is 13.0. The summed E-state index contributed by atoms with van der Waals surface area (Å²) in [7, 11) is 0. The van der Waals surface area contributed by atoms with E-state index in [9.17, 15) is 4.79 Å². The summed E-state index contributed by atoms with van der Waals surface area (Å²) < 4.78 is 5.16. The maximum Gasteiger partial charge on any atom is 0.248 e. The van der Waals surface area contributed by atoms with Crippen LogP contribution >= 0.6 is 0 Å². The molecule has 7 heteroatoms. The first-order chi connectivity index (χ1) is 13.2. The zero-order valence-electron chi connectivity index (χ0n) is 14.6. The first-order valence-corrected chi connectivity index (χ1v) is 8.60. The Bertz CT molecular complexity index is 1040. The molecule has 1 N–H and O–H groups in total. The number of nitriles is 1. The monoisotopic (exact) mass is 359 g/mol. The van der Waals surface area contributed by atoms with Crippen molar-refractivity contribution in [3.8, 4) is 6.07 Å². The van der Waals surface area contributed by atoms with Crippen LogP contribution in [0.3, 0.4) is 0 Å². The number of benzene rings is 2. The van der Waals surface area contributed by atoms with Gasteiger partial charge >= 0.3 is 0 Å². The predicted octanol–water partition coefficient (Wildman–Crippen LogP) is 2.60. The summed E-state index contributed by atoms with van der Waals surface area (Å²) in [6, 6.07) is 15.2. The molecule has 2 heterocycles. The number of nitrogens with zero attached hydrogens (tertiary/aromatic N) is 4. The Morgan fingerprint density at radius 1 is 1.26 bits per heavy atom. The maximum absolute atomic E-state index is 11.9. The van der Waals surface area contributed by atoms with Crippen molar-refractivity contribution in [1.82, 2.24) is 14.9 Å². The van der Waals surface area contributed by atoms with Crippen LogP contribution in [0.2, 0.25) is 0 Å². The molecule has 0 aliphatic carbocycles. The van der Waals surface area contributed by atoms with Gasteiger partial charge in [0, 0.05) is 30.4 Å². The molecule has 2 aromatic carbocycles. The lowest BCUT2D eigenvalue weighted by atomic mass is 10.1. The minimum atomic E-state index is 0.00853. The third-order valence-electron chi connectivity index (χ3n) is 4.35. The van der Waals surface area contributed by atoms with Crippen LogP contribution in [0.1, 0.15) is 11.1 Å². The number of aromatic nitrogens is 2. The Kier molecular flexibility index (Phi) is 4.64. The summed E-state index contributed by atoms with van der Waals surface area (Å²) in [5.41, 5.74) is 3.22. The molecule has 4 rings (SSSR count). The molecule has 3 aromatic rings. The number of nitrogens with one attached hydrogen (secondary N) is 1. The lowest BCUT2D eigenvalue weighted by molar-refractivity contribution is -0.143. The molecule has 1 amide bonds. The predicted molar refractivity (Wildman–Crippen MR) is 100 cm³/mol. The van der Waals surface area contributed by atoms with E-state index in [1.165, 1.54) is 0 Å². The molecule has 1 aliphatic heterocycles. The highest BCUT2D eigenvalue weighted by molar-refractivity contribution is 5.80. The van der Waals surface area contributed by atoms with E-state index in [2.05, 4.69) is 21.4 Å². The smallest absolute Gasteiger partial charge is 0.248 e. The number of carbonyl (C=O) groups excluding carboxylic acids is 1. The molecular weight excluding hydrogens is 342 g/mol. The molecule has 0 atom stereocenters. The van der Waals surface area contributed by atoms with E-state index >= 15 is 0 Å². The van der Waals surface area contributed by atoms with Gasteiger partial charge in [0.05, 0.1) is 23.8 Å². The summed E-state index contributed by atoms with van der Waals surface area (Å²) >= 11 is 0. The summed E-state index contributed by atoms with van der Waals surface area (Å²) in [5.74, 6) is 0.487. The Morgan fingerprint density at radius 2 is 2.19 bits per heavy atom. The third-order valence-corrected chi connectivity index (χ3v) is 4.35. The highest BCUT2D eigenvalue weighted by atomic mass is 16.5. The molecule has 0 unspecified atom stereocenters. The van der Waals surface area contributed by atoms with E-state index < -0.39 is 0 Å². The first-order valence-electron chi connectivity index (χ1n) is 8.60. The van der Waals surface area contributed by atoms with Crippen molar-refractivity contribution in [3.63, 3.8) is 0 Å². The van der Waals surface area contributed by atoms with Crippen molar-refractivity contribution >= 4 is 28.4 Å². The van der Waals surface area contributed by atoms with E-state index in [-0.39, 0.29) is 12.5 Å². The minimum Gasteiger partial charge on any atom is -0.370 e. The number of hydrogen-bond acceptors (Lipinski definition) is 6. The second-order valence-electron chi connectivity index (χ2n) is 6.27. The number of ether oxygens (including phenoxy) is 1. The Labute approximate surface area is 156 Å². The van der Waals surface area contributed by atoms with Gasteiger partial charge in [-0.1, -0.05) is 12.1 Å². The fraction of sp³-hybridized carbons (Fsp3) is 0.200. The van der Waals surface area contributed by atoms with Crippen molar-refractivity contribution in [2.75, 3.05) is 25.1 Å². The van der Waals surface area contributed by atoms with Crippen LogP contribution in [0.25, 0.3) is 10.9 Å². The van der Waals surface area contributed by atoms with Crippen LogP contribution in [0.4, 0.5) is 11.6 Å². The van der Waals surface area contributed by atoms with E-state index in [1.807, 2.05) is 24.3 Å². The molecule has 27 heavy (non-hydrogen) atoms. The maximum atomic E-state index is 11.9. The fourth-order valence-corrected chi connectivity index (χ4v) is 2.98. The molecule has 0 bridgehead atoms. The van der Waals surface area contributed by atoms with Crippen LogP contribution in [0.5, 0.6) is 0 Å². The van der Waals surface area contributed by atoms with Crippen LogP contribution in [-0.4, -0.2) is 40.5 Å². The van der Waals surface area contributed by atoms with Gasteiger partial charge in [-0.2, -0.15) is 5.26 Å². The lowest BCUT2D eigenvalue weighted by Gasteiger charge is -2.26. The third kappa shape index (κ3) is 3.86. The van der Waals surface area contributed by atoms with Crippen molar-refractivity contribution in [2.45, 2.75) is 6.54 Å². The van der Waals surface area contributed by atoms with Gasteiger partial charge in [-0.3, -0.25) is 4.79 Å². The molecule has 0 spiro atoms. The van der Waals surface area contributed by atoms with Crippen molar-refractivity contribution in [3.05, 3.63) is 59.8 Å². The first kappa shape index (κ1) is 16.9. The van der Waals surface area contributed by atoms with Gasteiger partial charge in [-0.05, 0) is 35.9 Å². The molecule has 1 aliphatic rings. The highest BCUT2D eigenvalue weighted by Crippen LogP contribution is 2.19. The summed E-state index contributed by atoms with van der Waals surface area (Å²) in [6.45, 7) is 1.88. The lowest BCUT2D eigenvalue weighted by Crippen LogP contribution is -2.40. The molecular formula is C20H17N5O2. The van der Waals surface area contributed by atoms with Crippen molar-refractivity contribution < 1.29 is 9.53 Å². The Balaban J connectivity index is 1.51. The topological polar surface area (TPSA) is 91.1 Å². The number of hydrogen-bond donors (Lipinski definition) is 1. The minimum absolute atomic E-state index is 0.00853. The number of rotatable bonds is 4. The van der Waals surface area contributed by atoms with Gasteiger partial charge in [0.1, 0.15) is 6.61 Å². The largest absolute Gasteiger partial charge is 0.370 e. The SMILES string of the molecule is N#Cc1ccc2nc(Nc3cccc(CN4CCOCC4=O)c3)ncc2c1. The van der Waals surface area contributed by atoms with Crippen molar-refractivity contribution in [1.29, 1.82) is 5.26 Å². The molecule has 1 fully saturated rings. The van der Waals surface area contributed by atoms with Crippen LogP contribution in [-0.2, 0) is 16.1 Å². The van der Waals surface area contributed by atoms with Crippen LogP contribution < -0.4 is 5.32 Å². The van der Waals surface area contributed by atoms with E-state index in [4.69, 9.17) is 10.00 Å². The number of anilines is 2. The number of morpholine rings is 1. The number of fused-ring (bicyclic) bond motifs is 1. The Hall–Kier alpha value is -3.50. The molecule has 0 saturated carbocycles. The van der Waals surface area contributed by atoms with Crippen molar-refractivity contribution in [2.24, 2.45) is 0 Å². The average molecular weight is 359 g/mol. The zero-order chi connectivity index (χ0) is 18.6. The summed E-state index contributed by atoms with van der Waals surface area (Å²) in [4.78, 5) is 22.5. The van der Waals surface area contributed by atoms with Gasteiger partial charge in [0.2, 0.25) is 11.9 Å². The second kappa shape index (κ2) is 7.40. The number of amides is 1. The van der Waals surface area contributed by atoms with Crippen LogP contribution in [0.15, 0.2) is 48.7 Å². The molecule has 1 aromatic heterocycles. The average Bonchev–Trinajstić information content (AvgIpc) is 2.70. The standard InChI is InChI=1S/C20H17N5O2/c21-10-14-4-5-18-16(8-14)11-22-20(24-18)23-17-3-1-2-15(9-17)12-25-6-7-27-13-19(25)26/h1-5,8-9,11H,6-7,12-13H2,(H,22,23,24). The molecule has 1 saturated heterocycles. The summed E-state index contributed by atoms with van der Waals surface area (Å²) in [6.07, 6.45) is 1.70. The van der Waals surface area contributed by atoms with E-state index in [1.54, 1.807) is 29.3 Å². The quantitative estimate of drug-likeness (QED) is 0.770.